The highest BCUT2D eigenvalue weighted by molar-refractivity contribution is 7.91. The SMILES string of the molecule is COc1cccc(OC)c1-n1c(CS(=O)(=O)[C@@H](C)[C@H](C)c2ncc(Cl)cn2)nnc1[C@H]1CCC(=O)N1. The van der Waals surface area contributed by atoms with E-state index in [1.54, 1.807) is 36.6 Å². The number of carbonyl (C=O) groups excluding carboxylic acids is 1. The lowest BCUT2D eigenvalue weighted by molar-refractivity contribution is -0.119. The van der Waals surface area contributed by atoms with Gasteiger partial charge in [-0.25, -0.2) is 18.4 Å². The smallest absolute Gasteiger partial charge is 0.220 e. The summed E-state index contributed by atoms with van der Waals surface area (Å²) in [6.07, 6.45) is 3.71. The largest absolute Gasteiger partial charge is 0.494 e. The lowest BCUT2D eigenvalue weighted by atomic mass is 10.1. The van der Waals surface area contributed by atoms with Crippen molar-refractivity contribution >= 4 is 27.3 Å². The van der Waals surface area contributed by atoms with Crippen LogP contribution in [0.3, 0.4) is 0 Å². The van der Waals surface area contributed by atoms with E-state index in [0.717, 1.165) is 0 Å². The Morgan fingerprint density at radius 3 is 2.33 bits per heavy atom. The van der Waals surface area contributed by atoms with Gasteiger partial charge in [0.15, 0.2) is 21.5 Å². The molecule has 2 aromatic heterocycles. The first-order chi connectivity index (χ1) is 17.2. The third-order valence-electron chi connectivity index (χ3n) is 6.34. The molecular weight excluding hydrogens is 508 g/mol. The van der Waals surface area contributed by atoms with Crippen LogP contribution in [0.25, 0.3) is 5.69 Å². The summed E-state index contributed by atoms with van der Waals surface area (Å²) in [6, 6.07) is 4.79. The average molecular weight is 535 g/mol. The summed E-state index contributed by atoms with van der Waals surface area (Å²) in [4.78, 5) is 20.3. The normalized spacial score (nSPS) is 17.5. The number of hydrogen-bond donors (Lipinski definition) is 1. The van der Waals surface area contributed by atoms with Gasteiger partial charge in [-0.05, 0) is 25.5 Å². The number of carbonyl (C=O) groups is 1. The fourth-order valence-electron chi connectivity index (χ4n) is 4.14. The van der Waals surface area contributed by atoms with Gasteiger partial charge in [0, 0.05) is 24.7 Å². The molecule has 1 aromatic carbocycles. The molecule has 1 fully saturated rings. The van der Waals surface area contributed by atoms with Gasteiger partial charge in [0.2, 0.25) is 5.91 Å². The molecule has 11 nitrogen and oxygen atoms in total. The zero-order valence-electron chi connectivity index (χ0n) is 20.3. The predicted molar refractivity (Wildman–Crippen MR) is 132 cm³/mol. The van der Waals surface area contributed by atoms with E-state index in [0.29, 0.717) is 46.7 Å². The standard InChI is InChI=1S/C23H27ClN6O5S/c1-13(22-25-10-15(24)11-26-22)14(2)36(32,33)12-19-28-29-23(16-8-9-20(31)27-16)30(19)21-17(34-3)6-5-7-18(21)35-4/h5-7,10-11,13-14,16H,8-9,12H2,1-4H3,(H,27,31)/t13-,14-,16+/m0/s1. The maximum atomic E-state index is 13.6. The number of aromatic nitrogens is 5. The quantitative estimate of drug-likeness (QED) is 0.439. The van der Waals surface area contributed by atoms with Crippen molar-refractivity contribution in [3.05, 3.63) is 53.1 Å². The Labute approximate surface area is 214 Å². The number of rotatable bonds is 9. The number of amides is 1. The van der Waals surface area contributed by atoms with Crippen molar-refractivity contribution in [2.24, 2.45) is 0 Å². The number of methoxy groups -OCH3 is 2. The molecule has 3 atom stereocenters. The highest BCUT2D eigenvalue weighted by atomic mass is 35.5. The fraction of sp³-hybridized carbons (Fsp3) is 0.435. The second kappa shape index (κ2) is 10.4. The molecule has 13 heteroatoms. The second-order valence-electron chi connectivity index (χ2n) is 8.54. The van der Waals surface area contributed by atoms with E-state index in [9.17, 15) is 13.2 Å². The number of nitrogens with zero attached hydrogens (tertiary/aromatic N) is 5. The van der Waals surface area contributed by atoms with Gasteiger partial charge in [-0.15, -0.1) is 10.2 Å². The summed E-state index contributed by atoms with van der Waals surface area (Å²) in [5.41, 5.74) is 0.454. The van der Waals surface area contributed by atoms with Crippen LogP contribution in [-0.2, 0) is 20.4 Å². The zero-order valence-corrected chi connectivity index (χ0v) is 21.9. The van der Waals surface area contributed by atoms with Crippen molar-refractivity contribution in [1.82, 2.24) is 30.0 Å². The van der Waals surface area contributed by atoms with Crippen LogP contribution in [0.4, 0.5) is 0 Å². The van der Waals surface area contributed by atoms with Crippen LogP contribution in [0.5, 0.6) is 11.5 Å². The van der Waals surface area contributed by atoms with Crippen molar-refractivity contribution in [3.8, 4) is 17.2 Å². The molecule has 1 saturated heterocycles. The van der Waals surface area contributed by atoms with Crippen molar-refractivity contribution < 1.29 is 22.7 Å². The molecule has 1 aliphatic rings. The number of sulfone groups is 1. The summed E-state index contributed by atoms with van der Waals surface area (Å²) in [6.45, 7) is 3.36. The van der Waals surface area contributed by atoms with Crippen molar-refractivity contribution in [2.45, 2.75) is 49.7 Å². The molecule has 0 bridgehead atoms. The molecule has 0 aliphatic carbocycles. The van der Waals surface area contributed by atoms with E-state index >= 15 is 0 Å². The number of nitrogens with one attached hydrogen (secondary N) is 1. The minimum atomic E-state index is -3.77. The van der Waals surface area contributed by atoms with Gasteiger partial charge >= 0.3 is 0 Å². The monoisotopic (exact) mass is 534 g/mol. The van der Waals surface area contributed by atoms with Gasteiger partial charge in [0.1, 0.15) is 28.8 Å². The molecule has 192 valence electrons. The molecule has 36 heavy (non-hydrogen) atoms. The first-order valence-corrected chi connectivity index (χ1v) is 13.4. The van der Waals surface area contributed by atoms with Gasteiger partial charge in [0.25, 0.3) is 0 Å². The first-order valence-electron chi connectivity index (χ1n) is 11.3. The number of para-hydroxylation sites is 1. The molecule has 1 amide bonds. The number of hydrogen-bond acceptors (Lipinski definition) is 9. The van der Waals surface area contributed by atoms with Gasteiger partial charge in [-0.2, -0.15) is 0 Å². The van der Waals surface area contributed by atoms with Gasteiger partial charge in [-0.1, -0.05) is 24.6 Å². The Morgan fingerprint density at radius 1 is 1.14 bits per heavy atom. The van der Waals surface area contributed by atoms with Crippen LogP contribution >= 0.6 is 11.6 Å². The predicted octanol–water partition coefficient (Wildman–Crippen LogP) is 2.79. The topological polar surface area (TPSA) is 138 Å². The number of benzene rings is 1. The van der Waals surface area contributed by atoms with Crippen LogP contribution in [0.15, 0.2) is 30.6 Å². The lowest BCUT2D eigenvalue weighted by Gasteiger charge is -2.21. The molecule has 0 spiro atoms. The van der Waals surface area contributed by atoms with Crippen LogP contribution in [0, 0.1) is 0 Å². The van der Waals surface area contributed by atoms with E-state index in [1.807, 2.05) is 0 Å². The van der Waals surface area contributed by atoms with E-state index in [2.05, 4.69) is 25.5 Å². The summed E-state index contributed by atoms with van der Waals surface area (Å²) < 4.78 is 39.9. The number of halogens is 1. The lowest BCUT2D eigenvalue weighted by Crippen LogP contribution is -2.28. The van der Waals surface area contributed by atoms with Crippen molar-refractivity contribution in [2.75, 3.05) is 14.2 Å². The molecule has 0 unspecified atom stereocenters. The van der Waals surface area contributed by atoms with Crippen molar-refractivity contribution in [3.63, 3.8) is 0 Å². The van der Waals surface area contributed by atoms with Crippen LogP contribution < -0.4 is 14.8 Å². The van der Waals surface area contributed by atoms with Crippen LogP contribution in [-0.4, -0.2) is 58.5 Å². The maximum absolute atomic E-state index is 13.6. The second-order valence-corrected chi connectivity index (χ2v) is 11.3. The van der Waals surface area contributed by atoms with E-state index in [1.165, 1.54) is 26.6 Å². The van der Waals surface area contributed by atoms with E-state index < -0.39 is 32.8 Å². The summed E-state index contributed by atoms with van der Waals surface area (Å²) in [7, 11) is -0.755. The Bertz CT molecular complexity index is 1340. The van der Waals surface area contributed by atoms with Gasteiger partial charge < -0.3 is 14.8 Å². The maximum Gasteiger partial charge on any atom is 0.220 e. The Balaban J connectivity index is 1.77. The first kappa shape index (κ1) is 25.8. The summed E-state index contributed by atoms with van der Waals surface area (Å²) in [5, 5.41) is 11.0. The average Bonchev–Trinajstić information content (AvgIpc) is 3.48. The minimum Gasteiger partial charge on any atom is -0.494 e. The van der Waals surface area contributed by atoms with Gasteiger partial charge in [0.05, 0.1) is 30.5 Å². The molecular formula is C23H27ClN6O5S. The third kappa shape index (κ3) is 5.00. The third-order valence-corrected chi connectivity index (χ3v) is 8.73. The molecule has 0 saturated carbocycles. The van der Waals surface area contributed by atoms with Crippen molar-refractivity contribution in [1.29, 1.82) is 0 Å². The Morgan fingerprint density at radius 2 is 1.78 bits per heavy atom. The fourth-order valence-corrected chi connectivity index (χ4v) is 5.79. The van der Waals surface area contributed by atoms with Crippen LogP contribution in [0.1, 0.15) is 56.1 Å². The highest BCUT2D eigenvalue weighted by Crippen LogP contribution is 2.37. The Hall–Kier alpha value is -3.25. The van der Waals surface area contributed by atoms with Gasteiger partial charge in [-0.3, -0.25) is 9.36 Å². The minimum absolute atomic E-state index is 0.110. The van der Waals surface area contributed by atoms with E-state index in [4.69, 9.17) is 21.1 Å². The zero-order chi connectivity index (χ0) is 26.0. The molecule has 1 aliphatic heterocycles. The Kier molecular flexibility index (Phi) is 7.46. The molecule has 0 radical (unpaired) electrons. The highest BCUT2D eigenvalue weighted by Gasteiger charge is 2.35. The molecule has 1 N–H and O–H groups in total. The number of ether oxygens (including phenoxy) is 2. The molecule has 3 heterocycles. The molecule has 4 rings (SSSR count). The molecule has 3 aromatic rings. The van der Waals surface area contributed by atoms with E-state index in [-0.39, 0.29) is 11.7 Å². The van der Waals surface area contributed by atoms with Crippen LogP contribution in [0.2, 0.25) is 5.02 Å². The summed E-state index contributed by atoms with van der Waals surface area (Å²) in [5.74, 6) is 0.794. The summed E-state index contributed by atoms with van der Waals surface area (Å²) >= 11 is 5.88.